The molecule has 3 rings (SSSR count). The van der Waals surface area contributed by atoms with Gasteiger partial charge >= 0.3 is 6.09 Å². The first-order valence-electron chi connectivity index (χ1n) is 6.93. The van der Waals surface area contributed by atoms with E-state index in [9.17, 15) is 9.59 Å². The average molecular weight is 396 g/mol. The molecular formula is C15H14BrN3O3S. The maximum absolute atomic E-state index is 12.8. The van der Waals surface area contributed by atoms with Crippen LogP contribution in [-0.4, -0.2) is 35.5 Å². The number of carbonyl (C=O) groups is 2. The van der Waals surface area contributed by atoms with Gasteiger partial charge in [0.2, 0.25) is 0 Å². The number of methoxy groups -OCH3 is 1. The molecule has 8 heteroatoms. The number of ether oxygens (including phenoxy) is 1. The molecule has 120 valence electrons. The van der Waals surface area contributed by atoms with Crippen molar-refractivity contribution in [3.05, 3.63) is 45.4 Å². The number of thiazole rings is 1. The van der Waals surface area contributed by atoms with Gasteiger partial charge < -0.3 is 4.74 Å². The van der Waals surface area contributed by atoms with Crippen molar-refractivity contribution >= 4 is 44.4 Å². The summed E-state index contributed by atoms with van der Waals surface area (Å²) in [6.45, 7) is 0.428. The monoisotopic (exact) mass is 395 g/mol. The number of amides is 2. The van der Waals surface area contributed by atoms with Crippen LogP contribution >= 0.6 is 27.3 Å². The number of hydrogen-bond acceptors (Lipinski definition) is 5. The van der Waals surface area contributed by atoms with Crippen LogP contribution in [0.1, 0.15) is 17.2 Å². The van der Waals surface area contributed by atoms with Gasteiger partial charge in [-0.05, 0) is 29.7 Å². The zero-order valence-electron chi connectivity index (χ0n) is 12.3. The molecule has 0 bridgehead atoms. The Balaban J connectivity index is 1.98. The van der Waals surface area contributed by atoms with Crippen molar-refractivity contribution in [2.45, 2.75) is 12.5 Å². The Labute approximate surface area is 145 Å². The number of rotatable bonds is 2. The van der Waals surface area contributed by atoms with Crippen molar-refractivity contribution in [3.63, 3.8) is 0 Å². The fourth-order valence-corrected chi connectivity index (χ4v) is 3.55. The minimum atomic E-state index is -0.743. The molecule has 2 amide bonds. The number of nitrogens with one attached hydrogen (secondary N) is 1. The summed E-state index contributed by atoms with van der Waals surface area (Å²) in [5.74, 6) is -0.301. The zero-order valence-corrected chi connectivity index (χ0v) is 14.7. The molecule has 0 aliphatic carbocycles. The van der Waals surface area contributed by atoms with Crippen LogP contribution in [0.15, 0.2) is 34.2 Å². The largest absolute Gasteiger partial charge is 0.453 e. The molecule has 0 spiro atoms. The molecule has 1 aromatic heterocycles. The highest BCUT2D eigenvalue weighted by Crippen LogP contribution is 2.33. The minimum absolute atomic E-state index is 0.301. The maximum Gasteiger partial charge on any atom is 0.410 e. The molecule has 2 heterocycles. The summed E-state index contributed by atoms with van der Waals surface area (Å²) in [5.41, 5.74) is 1.85. The Kier molecular flexibility index (Phi) is 4.63. The number of halogens is 1. The van der Waals surface area contributed by atoms with Gasteiger partial charge in [0.1, 0.15) is 6.04 Å². The van der Waals surface area contributed by atoms with Crippen molar-refractivity contribution in [1.82, 2.24) is 9.88 Å². The third kappa shape index (κ3) is 3.23. The van der Waals surface area contributed by atoms with E-state index in [1.54, 1.807) is 11.6 Å². The summed E-state index contributed by atoms with van der Waals surface area (Å²) >= 11 is 4.75. The average Bonchev–Trinajstić information content (AvgIpc) is 3.05. The number of fused-ring (bicyclic) bond motifs is 1. The summed E-state index contributed by atoms with van der Waals surface area (Å²) in [5, 5.41) is 5.04. The van der Waals surface area contributed by atoms with Crippen LogP contribution in [0.25, 0.3) is 0 Å². The SMILES string of the molecule is COC(=O)N1CCc2ccc(Br)cc2[C@@H]1C(=O)Nc1nccs1. The van der Waals surface area contributed by atoms with Gasteiger partial charge in [-0.3, -0.25) is 15.0 Å². The summed E-state index contributed by atoms with van der Waals surface area (Å²) < 4.78 is 5.69. The molecule has 0 radical (unpaired) electrons. The maximum atomic E-state index is 12.8. The van der Waals surface area contributed by atoms with Crippen LogP contribution in [0.5, 0.6) is 0 Å². The zero-order chi connectivity index (χ0) is 16.4. The summed E-state index contributed by atoms with van der Waals surface area (Å²) in [6, 6.07) is 5.03. The van der Waals surface area contributed by atoms with E-state index in [0.29, 0.717) is 18.1 Å². The fourth-order valence-electron chi connectivity index (χ4n) is 2.64. The van der Waals surface area contributed by atoms with Crippen LogP contribution in [-0.2, 0) is 16.0 Å². The first kappa shape index (κ1) is 15.9. The smallest absolute Gasteiger partial charge is 0.410 e. The van der Waals surface area contributed by atoms with E-state index in [1.165, 1.54) is 23.3 Å². The Bertz CT molecular complexity index is 736. The van der Waals surface area contributed by atoms with Gasteiger partial charge in [0.05, 0.1) is 7.11 Å². The van der Waals surface area contributed by atoms with E-state index in [1.807, 2.05) is 18.2 Å². The van der Waals surface area contributed by atoms with Crippen molar-refractivity contribution in [2.24, 2.45) is 0 Å². The van der Waals surface area contributed by atoms with Crippen molar-refractivity contribution in [2.75, 3.05) is 19.0 Å². The van der Waals surface area contributed by atoms with Crippen molar-refractivity contribution < 1.29 is 14.3 Å². The molecule has 23 heavy (non-hydrogen) atoms. The quantitative estimate of drug-likeness (QED) is 0.847. The van der Waals surface area contributed by atoms with Gasteiger partial charge in [-0.15, -0.1) is 11.3 Å². The third-order valence-corrected chi connectivity index (χ3v) is 4.84. The second-order valence-corrected chi connectivity index (χ2v) is 6.80. The molecule has 0 saturated heterocycles. The molecule has 1 N–H and O–H groups in total. The molecule has 1 aliphatic rings. The molecule has 0 fully saturated rings. The van der Waals surface area contributed by atoms with E-state index in [-0.39, 0.29) is 5.91 Å². The molecule has 1 aliphatic heterocycles. The number of benzene rings is 1. The lowest BCUT2D eigenvalue weighted by Crippen LogP contribution is -2.45. The topological polar surface area (TPSA) is 71.5 Å². The highest BCUT2D eigenvalue weighted by Gasteiger charge is 2.37. The van der Waals surface area contributed by atoms with Crippen LogP contribution in [0, 0.1) is 0 Å². The van der Waals surface area contributed by atoms with Gasteiger partial charge in [-0.2, -0.15) is 0 Å². The van der Waals surface area contributed by atoms with Crippen LogP contribution < -0.4 is 5.32 Å². The number of anilines is 1. The lowest BCUT2D eigenvalue weighted by atomic mass is 9.92. The first-order valence-corrected chi connectivity index (χ1v) is 8.60. The van der Waals surface area contributed by atoms with Crippen molar-refractivity contribution in [1.29, 1.82) is 0 Å². The molecule has 0 saturated carbocycles. The second-order valence-electron chi connectivity index (χ2n) is 4.99. The molecule has 1 atom stereocenters. The summed E-state index contributed by atoms with van der Waals surface area (Å²) in [7, 11) is 1.31. The summed E-state index contributed by atoms with van der Waals surface area (Å²) in [6.07, 6.45) is 1.78. The highest BCUT2D eigenvalue weighted by atomic mass is 79.9. The minimum Gasteiger partial charge on any atom is -0.453 e. The number of hydrogen-bond donors (Lipinski definition) is 1. The number of aromatic nitrogens is 1. The van der Waals surface area contributed by atoms with Gasteiger partial charge in [-0.1, -0.05) is 22.0 Å². The number of nitrogens with zero attached hydrogens (tertiary/aromatic N) is 2. The Morgan fingerprint density at radius 2 is 2.30 bits per heavy atom. The van der Waals surface area contributed by atoms with E-state index < -0.39 is 12.1 Å². The fraction of sp³-hybridized carbons (Fsp3) is 0.267. The lowest BCUT2D eigenvalue weighted by molar-refractivity contribution is -0.121. The van der Waals surface area contributed by atoms with Crippen LogP contribution in [0.2, 0.25) is 0 Å². The molecule has 0 unspecified atom stereocenters. The van der Waals surface area contributed by atoms with Gasteiger partial charge in [0, 0.05) is 22.6 Å². The summed E-state index contributed by atoms with van der Waals surface area (Å²) in [4.78, 5) is 30.3. The van der Waals surface area contributed by atoms with E-state index in [4.69, 9.17) is 4.74 Å². The Morgan fingerprint density at radius 3 is 3.00 bits per heavy atom. The first-order chi connectivity index (χ1) is 11.1. The molecule has 1 aromatic carbocycles. The molecule has 2 aromatic rings. The van der Waals surface area contributed by atoms with Gasteiger partial charge in [0.25, 0.3) is 5.91 Å². The van der Waals surface area contributed by atoms with E-state index in [2.05, 4.69) is 26.2 Å². The van der Waals surface area contributed by atoms with Crippen LogP contribution in [0.3, 0.4) is 0 Å². The lowest BCUT2D eigenvalue weighted by Gasteiger charge is -2.35. The predicted molar refractivity (Wildman–Crippen MR) is 90.4 cm³/mol. The predicted octanol–water partition coefficient (Wildman–Crippen LogP) is 3.21. The van der Waals surface area contributed by atoms with Gasteiger partial charge in [-0.25, -0.2) is 9.78 Å². The van der Waals surface area contributed by atoms with Crippen LogP contribution in [0.4, 0.5) is 9.93 Å². The normalized spacial score (nSPS) is 16.6. The third-order valence-electron chi connectivity index (χ3n) is 3.66. The Morgan fingerprint density at radius 1 is 1.48 bits per heavy atom. The van der Waals surface area contributed by atoms with E-state index >= 15 is 0 Å². The Hall–Kier alpha value is -1.93. The number of carbonyl (C=O) groups excluding carboxylic acids is 2. The van der Waals surface area contributed by atoms with E-state index in [0.717, 1.165) is 15.6 Å². The molecule has 6 nitrogen and oxygen atoms in total. The molecular weight excluding hydrogens is 382 g/mol. The highest BCUT2D eigenvalue weighted by molar-refractivity contribution is 9.10. The standard InChI is InChI=1S/C15H14BrN3O3S/c1-22-15(21)19-6-4-9-2-3-10(16)8-11(9)12(19)13(20)18-14-17-5-7-23-14/h2-3,5,7-8,12H,4,6H2,1H3,(H,17,18,20)/t12-/m1/s1. The van der Waals surface area contributed by atoms with Gasteiger partial charge in [0.15, 0.2) is 5.13 Å². The van der Waals surface area contributed by atoms with Crippen molar-refractivity contribution in [3.8, 4) is 0 Å². The second kappa shape index (κ2) is 6.67.